The van der Waals surface area contributed by atoms with Gasteiger partial charge in [-0.05, 0) is 29.2 Å². The number of hydrogen-bond acceptors (Lipinski definition) is 2. The second-order valence-electron chi connectivity index (χ2n) is 5.12. The molecule has 0 saturated carbocycles. The predicted octanol–water partition coefficient (Wildman–Crippen LogP) is 2.63. The minimum atomic E-state index is 0.0599. The van der Waals surface area contributed by atoms with Gasteiger partial charge in [0, 0.05) is 12.6 Å². The van der Waals surface area contributed by atoms with E-state index < -0.39 is 0 Å². The molecule has 0 fully saturated rings. The maximum Gasteiger partial charge on any atom is 0.224 e. The summed E-state index contributed by atoms with van der Waals surface area (Å²) in [6.45, 7) is 2.71. The summed E-state index contributed by atoms with van der Waals surface area (Å²) in [5.74, 6) is 0.0599. The van der Waals surface area contributed by atoms with E-state index in [1.165, 1.54) is 5.39 Å². The summed E-state index contributed by atoms with van der Waals surface area (Å²) in [6.07, 6.45) is 2.19. The third-order valence-corrected chi connectivity index (χ3v) is 3.59. The third-order valence-electron chi connectivity index (χ3n) is 3.59. The largest absolute Gasteiger partial charge is 0.356 e. The molecule has 2 aromatic carbocycles. The highest BCUT2D eigenvalue weighted by molar-refractivity contribution is 5.90. The van der Waals surface area contributed by atoms with Gasteiger partial charge in [-0.2, -0.15) is 0 Å². The van der Waals surface area contributed by atoms with E-state index in [9.17, 15) is 4.79 Å². The number of amides is 1. The van der Waals surface area contributed by atoms with E-state index in [1.54, 1.807) is 0 Å². The maximum absolute atomic E-state index is 12.0. The first-order chi connectivity index (χ1) is 9.70. The van der Waals surface area contributed by atoms with Crippen LogP contribution >= 0.6 is 0 Å². The van der Waals surface area contributed by atoms with Crippen LogP contribution in [-0.4, -0.2) is 18.5 Å². The topological polar surface area (TPSA) is 55.1 Å². The van der Waals surface area contributed by atoms with Crippen LogP contribution in [0.2, 0.25) is 0 Å². The quantitative estimate of drug-likeness (QED) is 0.847. The minimum absolute atomic E-state index is 0.0599. The first kappa shape index (κ1) is 14.5. The summed E-state index contributed by atoms with van der Waals surface area (Å²) >= 11 is 0. The Morgan fingerprint density at radius 1 is 1.20 bits per heavy atom. The fourth-order valence-corrected chi connectivity index (χ4v) is 2.28. The maximum atomic E-state index is 12.0. The van der Waals surface area contributed by atoms with Crippen LogP contribution in [-0.2, 0) is 11.2 Å². The summed E-state index contributed by atoms with van der Waals surface area (Å²) < 4.78 is 0. The van der Waals surface area contributed by atoms with Crippen LogP contribution < -0.4 is 11.1 Å². The van der Waals surface area contributed by atoms with Gasteiger partial charge in [0.2, 0.25) is 5.91 Å². The van der Waals surface area contributed by atoms with Gasteiger partial charge in [-0.25, -0.2) is 0 Å². The van der Waals surface area contributed by atoms with Crippen molar-refractivity contribution in [1.82, 2.24) is 5.32 Å². The van der Waals surface area contributed by atoms with E-state index in [4.69, 9.17) is 5.73 Å². The normalized spacial score (nSPS) is 12.3. The van der Waals surface area contributed by atoms with E-state index in [2.05, 4.69) is 30.4 Å². The first-order valence-electron chi connectivity index (χ1n) is 7.19. The van der Waals surface area contributed by atoms with Crippen LogP contribution in [0.5, 0.6) is 0 Å². The third kappa shape index (κ3) is 3.81. The second-order valence-corrected chi connectivity index (χ2v) is 5.12. The van der Waals surface area contributed by atoms with Crippen LogP contribution in [0, 0.1) is 0 Å². The molecule has 20 heavy (non-hydrogen) atoms. The number of nitrogens with one attached hydrogen (secondary N) is 1. The summed E-state index contributed by atoms with van der Waals surface area (Å²) in [6, 6.07) is 14.4. The fourth-order valence-electron chi connectivity index (χ4n) is 2.28. The Balaban J connectivity index is 1.96. The van der Waals surface area contributed by atoms with Gasteiger partial charge in [0.05, 0.1) is 6.42 Å². The number of fused-ring (bicyclic) bond motifs is 1. The van der Waals surface area contributed by atoms with E-state index in [1.807, 2.05) is 24.3 Å². The van der Waals surface area contributed by atoms with Crippen molar-refractivity contribution < 1.29 is 4.79 Å². The highest BCUT2D eigenvalue weighted by Gasteiger charge is 2.07. The molecule has 2 aromatic rings. The molecule has 0 spiro atoms. The lowest BCUT2D eigenvalue weighted by atomic mass is 10.0. The van der Waals surface area contributed by atoms with Crippen molar-refractivity contribution in [3.8, 4) is 0 Å². The molecular weight excluding hydrogens is 248 g/mol. The van der Waals surface area contributed by atoms with Crippen molar-refractivity contribution >= 4 is 16.7 Å². The molecule has 0 aromatic heterocycles. The molecule has 0 aliphatic heterocycles. The molecule has 3 heteroatoms. The average molecular weight is 270 g/mol. The molecule has 2 rings (SSSR count). The summed E-state index contributed by atoms with van der Waals surface area (Å²) in [5, 5.41) is 5.26. The van der Waals surface area contributed by atoms with Crippen molar-refractivity contribution in [2.24, 2.45) is 5.73 Å². The lowest BCUT2D eigenvalue weighted by Gasteiger charge is -2.10. The van der Waals surface area contributed by atoms with Gasteiger partial charge in [0.25, 0.3) is 0 Å². The Kier molecular flexibility index (Phi) is 5.13. The van der Waals surface area contributed by atoms with E-state index in [0.717, 1.165) is 23.8 Å². The van der Waals surface area contributed by atoms with Crippen molar-refractivity contribution in [3.05, 3.63) is 48.0 Å². The number of hydrogen-bond donors (Lipinski definition) is 2. The SMILES string of the molecule is CCC(N)CCNC(=O)Cc1cccc2ccccc12. The van der Waals surface area contributed by atoms with Crippen LogP contribution in [0.15, 0.2) is 42.5 Å². The molecule has 1 unspecified atom stereocenters. The van der Waals surface area contributed by atoms with E-state index >= 15 is 0 Å². The van der Waals surface area contributed by atoms with Crippen LogP contribution in [0.3, 0.4) is 0 Å². The summed E-state index contributed by atoms with van der Waals surface area (Å²) in [5.41, 5.74) is 6.90. The van der Waals surface area contributed by atoms with Gasteiger partial charge < -0.3 is 11.1 Å². The standard InChI is InChI=1S/C17H22N2O/c1-2-15(18)10-11-19-17(20)12-14-8-5-7-13-6-3-4-9-16(13)14/h3-9,15H,2,10-12,18H2,1H3,(H,19,20). The first-order valence-corrected chi connectivity index (χ1v) is 7.19. The molecule has 3 N–H and O–H groups in total. The van der Waals surface area contributed by atoms with Gasteiger partial charge in [-0.3, -0.25) is 4.79 Å². The zero-order chi connectivity index (χ0) is 14.4. The smallest absolute Gasteiger partial charge is 0.224 e. The average Bonchev–Trinajstić information content (AvgIpc) is 2.47. The van der Waals surface area contributed by atoms with Gasteiger partial charge >= 0.3 is 0 Å². The Bertz CT molecular complexity index is 575. The highest BCUT2D eigenvalue weighted by atomic mass is 16.1. The van der Waals surface area contributed by atoms with Gasteiger partial charge in [-0.1, -0.05) is 49.4 Å². The van der Waals surface area contributed by atoms with Crippen molar-refractivity contribution in [3.63, 3.8) is 0 Å². The zero-order valence-corrected chi connectivity index (χ0v) is 11.9. The van der Waals surface area contributed by atoms with Crippen LogP contribution in [0.25, 0.3) is 10.8 Å². The lowest BCUT2D eigenvalue weighted by molar-refractivity contribution is -0.120. The fraction of sp³-hybridized carbons (Fsp3) is 0.353. The van der Waals surface area contributed by atoms with Gasteiger partial charge in [0.1, 0.15) is 0 Å². The van der Waals surface area contributed by atoms with E-state index in [-0.39, 0.29) is 11.9 Å². The molecule has 0 aliphatic carbocycles. The summed E-state index contributed by atoms with van der Waals surface area (Å²) in [7, 11) is 0. The van der Waals surface area contributed by atoms with Crippen molar-refractivity contribution in [2.75, 3.05) is 6.54 Å². The number of carbonyl (C=O) groups excluding carboxylic acids is 1. The molecule has 3 nitrogen and oxygen atoms in total. The number of carbonyl (C=O) groups is 1. The Hall–Kier alpha value is -1.87. The molecule has 0 radical (unpaired) electrons. The van der Waals surface area contributed by atoms with Gasteiger partial charge in [-0.15, -0.1) is 0 Å². The molecule has 0 aliphatic rings. The van der Waals surface area contributed by atoms with Gasteiger partial charge in [0.15, 0.2) is 0 Å². The van der Waals surface area contributed by atoms with Crippen LogP contribution in [0.4, 0.5) is 0 Å². The molecule has 0 saturated heterocycles. The Morgan fingerprint density at radius 3 is 2.75 bits per heavy atom. The molecule has 0 bridgehead atoms. The molecule has 106 valence electrons. The number of rotatable bonds is 6. The monoisotopic (exact) mass is 270 g/mol. The zero-order valence-electron chi connectivity index (χ0n) is 11.9. The molecule has 1 atom stereocenters. The number of benzene rings is 2. The van der Waals surface area contributed by atoms with E-state index in [0.29, 0.717) is 13.0 Å². The number of nitrogens with two attached hydrogens (primary N) is 1. The lowest BCUT2D eigenvalue weighted by Crippen LogP contribution is -2.31. The molecule has 1 amide bonds. The molecule has 0 heterocycles. The van der Waals surface area contributed by atoms with Crippen molar-refractivity contribution in [1.29, 1.82) is 0 Å². The Labute approximate surface area is 120 Å². The Morgan fingerprint density at radius 2 is 1.95 bits per heavy atom. The molecular formula is C17H22N2O. The van der Waals surface area contributed by atoms with Crippen LogP contribution in [0.1, 0.15) is 25.3 Å². The minimum Gasteiger partial charge on any atom is -0.356 e. The highest BCUT2D eigenvalue weighted by Crippen LogP contribution is 2.18. The summed E-state index contributed by atoms with van der Waals surface area (Å²) in [4.78, 5) is 12.0. The van der Waals surface area contributed by atoms with Crippen molar-refractivity contribution in [2.45, 2.75) is 32.2 Å². The second kappa shape index (κ2) is 7.06. The predicted molar refractivity (Wildman–Crippen MR) is 83.5 cm³/mol.